The van der Waals surface area contributed by atoms with E-state index in [2.05, 4.69) is 0 Å². The lowest BCUT2D eigenvalue weighted by molar-refractivity contribution is -0.314. The van der Waals surface area contributed by atoms with Gasteiger partial charge in [-0.1, -0.05) is 0 Å². The van der Waals surface area contributed by atoms with Crippen LogP contribution in [0.1, 0.15) is 12.8 Å². The standard InChI is InChI=1S/C6H9F4N/c7-5(8)3-4(1-2-11)6(5,9)10/h4H,1-3,11H2. The second-order valence-electron chi connectivity index (χ2n) is 2.81. The van der Waals surface area contributed by atoms with Crippen LogP contribution in [0, 0.1) is 5.92 Å². The molecule has 0 saturated heterocycles. The molecule has 5 heteroatoms. The van der Waals surface area contributed by atoms with E-state index in [-0.39, 0.29) is 13.0 Å². The van der Waals surface area contributed by atoms with Crippen molar-refractivity contribution in [3.05, 3.63) is 0 Å². The van der Waals surface area contributed by atoms with Crippen LogP contribution in [0.25, 0.3) is 0 Å². The molecule has 1 fully saturated rings. The van der Waals surface area contributed by atoms with Gasteiger partial charge in [0.15, 0.2) is 0 Å². The Morgan fingerprint density at radius 3 is 2.09 bits per heavy atom. The fourth-order valence-electron chi connectivity index (χ4n) is 1.23. The van der Waals surface area contributed by atoms with Gasteiger partial charge in [0.2, 0.25) is 0 Å². The van der Waals surface area contributed by atoms with Crippen LogP contribution < -0.4 is 5.73 Å². The minimum atomic E-state index is -3.83. The molecule has 0 amide bonds. The van der Waals surface area contributed by atoms with Gasteiger partial charge in [-0.3, -0.25) is 0 Å². The van der Waals surface area contributed by atoms with Crippen LogP contribution in [-0.2, 0) is 0 Å². The topological polar surface area (TPSA) is 26.0 Å². The lowest BCUT2D eigenvalue weighted by Crippen LogP contribution is -2.58. The highest BCUT2D eigenvalue weighted by molar-refractivity contribution is 5.02. The summed E-state index contributed by atoms with van der Waals surface area (Å²) in [7, 11) is 0. The smallest absolute Gasteiger partial charge is 0.313 e. The quantitative estimate of drug-likeness (QED) is 0.628. The maximum Gasteiger partial charge on any atom is 0.313 e. The van der Waals surface area contributed by atoms with Crippen LogP contribution >= 0.6 is 0 Å². The zero-order chi connectivity index (χ0) is 8.70. The predicted octanol–water partition coefficient (Wildman–Crippen LogP) is 1.63. The Morgan fingerprint density at radius 2 is 1.82 bits per heavy atom. The molecule has 1 aliphatic rings. The van der Waals surface area contributed by atoms with Gasteiger partial charge in [-0.15, -0.1) is 0 Å². The van der Waals surface area contributed by atoms with Gasteiger partial charge >= 0.3 is 11.8 Å². The third-order valence-electron chi connectivity index (χ3n) is 2.02. The van der Waals surface area contributed by atoms with Gasteiger partial charge in [0, 0.05) is 12.3 Å². The summed E-state index contributed by atoms with van der Waals surface area (Å²) in [5.74, 6) is -8.85. The summed E-state index contributed by atoms with van der Waals surface area (Å²) in [4.78, 5) is 0. The van der Waals surface area contributed by atoms with Crippen LogP contribution in [0.4, 0.5) is 17.6 Å². The first-order valence-electron chi connectivity index (χ1n) is 3.37. The molecule has 1 aliphatic carbocycles. The van der Waals surface area contributed by atoms with Crippen molar-refractivity contribution in [1.29, 1.82) is 0 Å². The lowest BCUT2D eigenvalue weighted by atomic mass is 9.75. The van der Waals surface area contributed by atoms with Gasteiger partial charge in [0.25, 0.3) is 0 Å². The Morgan fingerprint density at radius 1 is 1.27 bits per heavy atom. The average Bonchev–Trinajstić information content (AvgIpc) is 1.87. The van der Waals surface area contributed by atoms with Crippen molar-refractivity contribution in [3.63, 3.8) is 0 Å². The first kappa shape index (κ1) is 8.77. The van der Waals surface area contributed by atoms with Crippen molar-refractivity contribution < 1.29 is 17.6 Å². The Kier molecular flexibility index (Phi) is 1.86. The van der Waals surface area contributed by atoms with E-state index in [1.807, 2.05) is 0 Å². The normalized spacial score (nSPS) is 33.0. The predicted molar refractivity (Wildman–Crippen MR) is 31.7 cm³/mol. The van der Waals surface area contributed by atoms with E-state index in [1.165, 1.54) is 0 Å². The molecule has 0 aromatic rings. The maximum atomic E-state index is 12.4. The highest BCUT2D eigenvalue weighted by Gasteiger charge is 2.70. The van der Waals surface area contributed by atoms with Crippen molar-refractivity contribution in [2.75, 3.05) is 6.54 Å². The minimum Gasteiger partial charge on any atom is -0.330 e. The molecule has 1 nitrogen and oxygen atoms in total. The van der Waals surface area contributed by atoms with Gasteiger partial charge in [-0.2, -0.15) is 17.6 Å². The van der Waals surface area contributed by atoms with E-state index >= 15 is 0 Å². The van der Waals surface area contributed by atoms with Gasteiger partial charge in [0.05, 0.1) is 0 Å². The van der Waals surface area contributed by atoms with Crippen molar-refractivity contribution in [2.45, 2.75) is 24.7 Å². The average molecular weight is 171 g/mol. The van der Waals surface area contributed by atoms with E-state index in [1.54, 1.807) is 0 Å². The van der Waals surface area contributed by atoms with Crippen molar-refractivity contribution in [2.24, 2.45) is 11.7 Å². The van der Waals surface area contributed by atoms with Crippen LogP contribution in [-0.4, -0.2) is 18.4 Å². The summed E-state index contributed by atoms with van der Waals surface area (Å²) in [6.07, 6.45) is -0.750. The third kappa shape index (κ3) is 1.11. The number of hydrogen-bond acceptors (Lipinski definition) is 1. The Labute approximate surface area is 61.6 Å². The first-order valence-corrected chi connectivity index (χ1v) is 3.37. The molecule has 0 bridgehead atoms. The highest BCUT2D eigenvalue weighted by atomic mass is 19.3. The molecule has 66 valence electrons. The molecule has 1 rings (SSSR count). The molecule has 0 aliphatic heterocycles. The molecule has 11 heavy (non-hydrogen) atoms. The molecular formula is C6H9F4N. The number of rotatable bonds is 2. The van der Waals surface area contributed by atoms with E-state index < -0.39 is 24.2 Å². The largest absolute Gasteiger partial charge is 0.330 e. The summed E-state index contributed by atoms with van der Waals surface area (Å²) in [5.41, 5.74) is 4.97. The molecule has 0 spiro atoms. The SMILES string of the molecule is NCCC1CC(F)(F)C1(F)F. The molecule has 1 atom stereocenters. The molecule has 1 unspecified atom stereocenters. The number of nitrogens with two attached hydrogens (primary N) is 1. The minimum absolute atomic E-state index is 0.0252. The summed E-state index contributed by atoms with van der Waals surface area (Å²) < 4.78 is 48.9. The van der Waals surface area contributed by atoms with E-state index in [9.17, 15) is 17.6 Å². The van der Waals surface area contributed by atoms with Crippen LogP contribution in [0.3, 0.4) is 0 Å². The van der Waals surface area contributed by atoms with Gasteiger partial charge in [-0.05, 0) is 13.0 Å². The lowest BCUT2D eigenvalue weighted by Gasteiger charge is -2.43. The molecule has 0 aromatic heterocycles. The molecular weight excluding hydrogens is 162 g/mol. The van der Waals surface area contributed by atoms with Gasteiger partial charge < -0.3 is 5.73 Å². The summed E-state index contributed by atoms with van der Waals surface area (Å²) >= 11 is 0. The molecule has 1 saturated carbocycles. The number of alkyl halides is 4. The Hall–Kier alpha value is -0.320. The second-order valence-corrected chi connectivity index (χ2v) is 2.81. The molecule has 0 heterocycles. The third-order valence-corrected chi connectivity index (χ3v) is 2.02. The fourth-order valence-corrected chi connectivity index (χ4v) is 1.23. The van der Waals surface area contributed by atoms with E-state index in [4.69, 9.17) is 5.73 Å². The van der Waals surface area contributed by atoms with Gasteiger partial charge in [-0.25, -0.2) is 0 Å². The Bertz CT molecular complexity index is 157. The van der Waals surface area contributed by atoms with Crippen LogP contribution in [0.2, 0.25) is 0 Å². The van der Waals surface area contributed by atoms with Crippen molar-refractivity contribution in [1.82, 2.24) is 0 Å². The molecule has 2 N–H and O–H groups in total. The Balaban J connectivity index is 2.54. The zero-order valence-corrected chi connectivity index (χ0v) is 5.79. The number of hydrogen-bond donors (Lipinski definition) is 1. The van der Waals surface area contributed by atoms with E-state index in [0.717, 1.165) is 0 Å². The summed E-state index contributed by atoms with van der Waals surface area (Å²) in [5, 5.41) is 0. The van der Waals surface area contributed by atoms with Crippen LogP contribution in [0.15, 0.2) is 0 Å². The highest BCUT2D eigenvalue weighted by Crippen LogP contribution is 2.56. The second kappa shape index (κ2) is 2.33. The molecule has 0 radical (unpaired) electrons. The molecule has 0 aromatic carbocycles. The van der Waals surface area contributed by atoms with Crippen molar-refractivity contribution >= 4 is 0 Å². The van der Waals surface area contributed by atoms with Gasteiger partial charge in [0.1, 0.15) is 0 Å². The number of halogens is 4. The van der Waals surface area contributed by atoms with E-state index in [0.29, 0.717) is 0 Å². The fraction of sp³-hybridized carbons (Fsp3) is 1.00. The van der Waals surface area contributed by atoms with Crippen molar-refractivity contribution in [3.8, 4) is 0 Å². The maximum absolute atomic E-state index is 12.4. The summed E-state index contributed by atoms with van der Waals surface area (Å²) in [6, 6.07) is 0. The summed E-state index contributed by atoms with van der Waals surface area (Å²) in [6.45, 7) is 0.0380. The van der Waals surface area contributed by atoms with Crippen LogP contribution in [0.5, 0.6) is 0 Å². The monoisotopic (exact) mass is 171 g/mol. The first-order chi connectivity index (χ1) is 4.92. The zero-order valence-electron chi connectivity index (χ0n) is 5.79.